The normalized spacial score (nSPS) is 11.3. The Morgan fingerprint density at radius 2 is 1.85 bits per heavy atom. The maximum Gasteiger partial charge on any atom is 0.344 e. The predicted molar refractivity (Wildman–Crippen MR) is 92.5 cm³/mol. The van der Waals surface area contributed by atoms with E-state index in [1.165, 1.54) is 38.1 Å². The first-order valence-electron chi connectivity index (χ1n) is 7.85. The maximum absolute atomic E-state index is 13.0. The molecule has 0 aliphatic rings. The minimum atomic E-state index is -1.07. The lowest BCUT2D eigenvalue weighted by Gasteiger charge is -2.14. The van der Waals surface area contributed by atoms with Crippen LogP contribution in [0.15, 0.2) is 48.5 Å². The average Bonchev–Trinajstić information content (AvgIpc) is 2.60. The molecule has 26 heavy (non-hydrogen) atoms. The fraction of sp³-hybridized carbons (Fsp3) is 0.211. The minimum absolute atomic E-state index is 0.130. The fourth-order valence-corrected chi connectivity index (χ4v) is 2.04. The number of hydrogen-bond donors (Lipinski definition) is 1. The van der Waals surface area contributed by atoms with Crippen LogP contribution in [0, 0.1) is 5.82 Å². The van der Waals surface area contributed by atoms with E-state index in [4.69, 9.17) is 9.47 Å². The lowest BCUT2D eigenvalue weighted by molar-refractivity contribution is -0.155. The highest BCUT2D eigenvalue weighted by Gasteiger charge is 2.18. The second kappa shape index (κ2) is 8.75. The lowest BCUT2D eigenvalue weighted by atomic mass is 10.1. The summed E-state index contributed by atoms with van der Waals surface area (Å²) >= 11 is 0. The van der Waals surface area contributed by atoms with Crippen molar-refractivity contribution in [1.29, 1.82) is 0 Å². The van der Waals surface area contributed by atoms with Gasteiger partial charge in [-0.25, -0.2) is 9.18 Å². The van der Waals surface area contributed by atoms with Crippen LogP contribution < -0.4 is 10.1 Å². The Morgan fingerprint density at radius 1 is 1.12 bits per heavy atom. The number of anilines is 1. The van der Waals surface area contributed by atoms with Crippen LogP contribution in [0.2, 0.25) is 0 Å². The first kappa shape index (κ1) is 19.1. The molecule has 0 bridgehead atoms. The van der Waals surface area contributed by atoms with Gasteiger partial charge in [-0.15, -0.1) is 0 Å². The highest BCUT2D eigenvalue weighted by Crippen LogP contribution is 2.13. The molecule has 0 unspecified atom stereocenters. The molecule has 0 saturated carbocycles. The van der Waals surface area contributed by atoms with E-state index in [9.17, 15) is 18.8 Å². The number of benzene rings is 2. The molecule has 7 heteroatoms. The number of Topliss-reactive ketones (excluding diaryl/α,β-unsaturated/α-hetero) is 1. The molecular formula is C19H18FNO5. The first-order chi connectivity index (χ1) is 12.3. The van der Waals surface area contributed by atoms with Crippen molar-refractivity contribution in [1.82, 2.24) is 0 Å². The number of halogens is 1. The molecule has 2 aromatic carbocycles. The van der Waals surface area contributed by atoms with Crippen LogP contribution in [0.25, 0.3) is 0 Å². The van der Waals surface area contributed by atoms with E-state index in [-0.39, 0.29) is 11.5 Å². The Bertz CT molecular complexity index is 821. The van der Waals surface area contributed by atoms with Gasteiger partial charge >= 0.3 is 5.97 Å². The molecule has 0 aliphatic carbocycles. The van der Waals surface area contributed by atoms with Crippen molar-refractivity contribution in [3.63, 3.8) is 0 Å². The minimum Gasteiger partial charge on any atom is -0.482 e. The number of hydrogen-bond acceptors (Lipinski definition) is 5. The third-order valence-electron chi connectivity index (χ3n) is 3.37. The maximum atomic E-state index is 13.0. The number of esters is 1. The van der Waals surface area contributed by atoms with Crippen LogP contribution in [0.4, 0.5) is 10.1 Å². The Kier molecular flexibility index (Phi) is 6.43. The summed E-state index contributed by atoms with van der Waals surface area (Å²) in [5.41, 5.74) is 0.873. The summed E-state index contributed by atoms with van der Waals surface area (Å²) < 4.78 is 23.1. The summed E-state index contributed by atoms with van der Waals surface area (Å²) in [5.74, 6) is -1.76. The van der Waals surface area contributed by atoms with E-state index in [0.29, 0.717) is 11.3 Å². The van der Waals surface area contributed by atoms with E-state index in [1.807, 2.05) is 0 Å². The largest absolute Gasteiger partial charge is 0.482 e. The smallest absolute Gasteiger partial charge is 0.344 e. The van der Waals surface area contributed by atoms with E-state index in [0.717, 1.165) is 6.07 Å². The molecule has 1 N–H and O–H groups in total. The molecule has 6 nitrogen and oxygen atoms in total. The van der Waals surface area contributed by atoms with Crippen LogP contribution in [0.1, 0.15) is 24.2 Å². The Morgan fingerprint density at radius 3 is 2.54 bits per heavy atom. The van der Waals surface area contributed by atoms with Crippen molar-refractivity contribution in [2.45, 2.75) is 20.0 Å². The Labute approximate surface area is 149 Å². The number of carbonyl (C=O) groups excluding carboxylic acids is 3. The molecule has 0 radical (unpaired) electrons. The van der Waals surface area contributed by atoms with Crippen LogP contribution in [-0.2, 0) is 14.3 Å². The Hall–Kier alpha value is -3.22. The van der Waals surface area contributed by atoms with Crippen molar-refractivity contribution in [3.05, 3.63) is 59.9 Å². The second-order valence-corrected chi connectivity index (χ2v) is 5.50. The van der Waals surface area contributed by atoms with Gasteiger partial charge in [-0.2, -0.15) is 0 Å². The molecule has 1 atom stereocenters. The molecule has 0 heterocycles. The van der Waals surface area contributed by atoms with Crippen LogP contribution in [0.3, 0.4) is 0 Å². The van der Waals surface area contributed by atoms with Crippen LogP contribution >= 0.6 is 0 Å². The highest BCUT2D eigenvalue weighted by atomic mass is 19.1. The molecule has 0 aliphatic heterocycles. The summed E-state index contributed by atoms with van der Waals surface area (Å²) in [6.07, 6.45) is -1.07. The van der Waals surface area contributed by atoms with Gasteiger partial charge in [0.05, 0.1) is 0 Å². The summed E-state index contributed by atoms with van der Waals surface area (Å²) in [6.45, 7) is 2.37. The standard InChI is InChI=1S/C19H18FNO5/c1-12(22)14-5-3-7-16(9-14)21-19(24)13(2)26-18(23)11-25-17-8-4-6-15(20)10-17/h3-10,13H,11H2,1-2H3,(H,21,24)/t13-/m0/s1. The summed E-state index contributed by atoms with van der Waals surface area (Å²) in [7, 11) is 0. The summed E-state index contributed by atoms with van der Waals surface area (Å²) in [6, 6.07) is 11.7. The quantitative estimate of drug-likeness (QED) is 0.607. The number of amides is 1. The van der Waals surface area contributed by atoms with E-state index in [1.54, 1.807) is 18.2 Å². The van der Waals surface area contributed by atoms with Gasteiger partial charge in [0.15, 0.2) is 18.5 Å². The SMILES string of the molecule is CC(=O)c1cccc(NC(=O)[C@H](C)OC(=O)COc2cccc(F)c2)c1. The fourth-order valence-electron chi connectivity index (χ4n) is 2.04. The lowest BCUT2D eigenvalue weighted by Crippen LogP contribution is -2.31. The van der Waals surface area contributed by atoms with Crippen molar-refractivity contribution in [2.75, 3.05) is 11.9 Å². The van der Waals surface area contributed by atoms with E-state index >= 15 is 0 Å². The van der Waals surface area contributed by atoms with Crippen molar-refractivity contribution >= 4 is 23.3 Å². The van der Waals surface area contributed by atoms with E-state index < -0.39 is 30.4 Å². The molecule has 0 fully saturated rings. The zero-order valence-electron chi connectivity index (χ0n) is 14.3. The third-order valence-corrected chi connectivity index (χ3v) is 3.37. The Balaban J connectivity index is 1.85. The van der Waals surface area contributed by atoms with Crippen LogP contribution in [0.5, 0.6) is 5.75 Å². The highest BCUT2D eigenvalue weighted by molar-refractivity contribution is 5.98. The van der Waals surface area contributed by atoms with Gasteiger partial charge in [0.1, 0.15) is 11.6 Å². The topological polar surface area (TPSA) is 81.7 Å². The molecular weight excluding hydrogens is 341 g/mol. The van der Waals surface area contributed by atoms with Gasteiger partial charge in [0.2, 0.25) is 0 Å². The monoisotopic (exact) mass is 359 g/mol. The average molecular weight is 359 g/mol. The molecule has 2 aromatic rings. The van der Waals surface area contributed by atoms with Gasteiger partial charge in [-0.3, -0.25) is 9.59 Å². The number of rotatable bonds is 7. The van der Waals surface area contributed by atoms with Gasteiger partial charge in [-0.05, 0) is 38.1 Å². The molecule has 1 amide bonds. The number of ketones is 1. The van der Waals surface area contributed by atoms with Gasteiger partial charge in [0, 0.05) is 17.3 Å². The molecule has 0 saturated heterocycles. The first-order valence-corrected chi connectivity index (χ1v) is 7.85. The number of nitrogens with one attached hydrogen (secondary N) is 1. The van der Waals surface area contributed by atoms with Gasteiger partial charge < -0.3 is 14.8 Å². The van der Waals surface area contributed by atoms with Crippen molar-refractivity contribution in [3.8, 4) is 5.75 Å². The number of ether oxygens (including phenoxy) is 2. The third kappa shape index (κ3) is 5.70. The van der Waals surface area contributed by atoms with Crippen molar-refractivity contribution < 1.29 is 28.2 Å². The molecule has 0 spiro atoms. The zero-order chi connectivity index (χ0) is 19.1. The molecule has 136 valence electrons. The van der Waals surface area contributed by atoms with Crippen molar-refractivity contribution in [2.24, 2.45) is 0 Å². The summed E-state index contributed by atoms with van der Waals surface area (Å²) in [5, 5.41) is 2.56. The molecule has 0 aromatic heterocycles. The van der Waals surface area contributed by atoms with Gasteiger partial charge in [-0.1, -0.05) is 18.2 Å². The van der Waals surface area contributed by atoms with E-state index in [2.05, 4.69) is 5.32 Å². The zero-order valence-corrected chi connectivity index (χ0v) is 14.3. The predicted octanol–water partition coefficient (Wildman–Crippen LogP) is 2.98. The second-order valence-electron chi connectivity index (χ2n) is 5.50. The van der Waals surface area contributed by atoms with Gasteiger partial charge in [0.25, 0.3) is 5.91 Å². The number of carbonyl (C=O) groups is 3. The summed E-state index contributed by atoms with van der Waals surface area (Å²) in [4.78, 5) is 35.2. The van der Waals surface area contributed by atoms with Crippen LogP contribution in [-0.4, -0.2) is 30.4 Å². The molecule has 2 rings (SSSR count).